The number of aliphatic imine (C=N–C) groups is 1. The third kappa shape index (κ3) is 7.29. The van der Waals surface area contributed by atoms with Crippen molar-refractivity contribution < 1.29 is 19.0 Å². The minimum absolute atomic E-state index is 0. The van der Waals surface area contributed by atoms with E-state index in [2.05, 4.69) is 20.1 Å². The number of rotatable bonds is 9. The van der Waals surface area contributed by atoms with Gasteiger partial charge in [0.2, 0.25) is 11.7 Å². The van der Waals surface area contributed by atoms with Gasteiger partial charge in [0.15, 0.2) is 17.5 Å². The van der Waals surface area contributed by atoms with Crippen LogP contribution < -0.4 is 25.3 Å². The maximum atomic E-state index is 11.6. The van der Waals surface area contributed by atoms with Crippen molar-refractivity contribution in [3.63, 3.8) is 0 Å². The number of nitrogens with two attached hydrogens (primary N) is 1. The number of nitrogens with one attached hydrogen (secondary N) is 1. The van der Waals surface area contributed by atoms with E-state index in [-0.39, 0.29) is 29.9 Å². The number of primary amides is 1. The van der Waals surface area contributed by atoms with Crippen molar-refractivity contribution in [2.75, 3.05) is 60.6 Å². The van der Waals surface area contributed by atoms with E-state index in [0.29, 0.717) is 23.8 Å². The summed E-state index contributed by atoms with van der Waals surface area (Å²) < 4.78 is 16.3. The number of methoxy groups -OCH3 is 3. The minimum Gasteiger partial charge on any atom is -0.493 e. The summed E-state index contributed by atoms with van der Waals surface area (Å²) in [6.45, 7) is 11.0. The summed E-state index contributed by atoms with van der Waals surface area (Å²) in [6.07, 6.45) is 0. The Bertz CT molecular complexity index is 755. The molecule has 0 atom stereocenters. The number of piperazine rings is 1. The highest BCUT2D eigenvalue weighted by Crippen LogP contribution is 2.38. The third-order valence-corrected chi connectivity index (χ3v) is 5.43. The van der Waals surface area contributed by atoms with E-state index in [9.17, 15) is 4.79 Å². The molecule has 1 saturated heterocycles. The van der Waals surface area contributed by atoms with Gasteiger partial charge in [-0.15, -0.1) is 24.0 Å². The first-order valence-electron chi connectivity index (χ1n) is 10.6. The second-order valence-electron chi connectivity index (χ2n) is 8.22. The second-order valence-corrected chi connectivity index (χ2v) is 8.22. The Morgan fingerprint density at radius 3 is 2.09 bits per heavy atom. The fraction of sp³-hybridized carbons (Fsp3) is 0.636. The SMILES string of the molecule is CCNC(=NCC(C)(C)C(N)=O)N1CCN(Cc2cc(OC)c(OC)c(OC)c2)CC1.I. The first-order chi connectivity index (χ1) is 14.7. The number of benzene rings is 1. The summed E-state index contributed by atoms with van der Waals surface area (Å²) in [4.78, 5) is 20.9. The molecule has 1 fully saturated rings. The van der Waals surface area contributed by atoms with Crippen LogP contribution in [0.4, 0.5) is 0 Å². The van der Waals surface area contributed by atoms with Crippen LogP contribution in [0.5, 0.6) is 17.2 Å². The number of carbonyl (C=O) groups is 1. The van der Waals surface area contributed by atoms with Crippen LogP contribution in [0.1, 0.15) is 26.3 Å². The van der Waals surface area contributed by atoms with Gasteiger partial charge in [0.25, 0.3) is 0 Å². The predicted molar refractivity (Wildman–Crippen MR) is 137 cm³/mol. The molecule has 0 radical (unpaired) electrons. The first-order valence-corrected chi connectivity index (χ1v) is 10.6. The van der Waals surface area contributed by atoms with E-state index >= 15 is 0 Å². The molecule has 1 aliphatic rings. The highest BCUT2D eigenvalue weighted by Gasteiger charge is 2.26. The fourth-order valence-corrected chi connectivity index (χ4v) is 3.38. The monoisotopic (exact) mass is 563 g/mol. The number of amides is 1. The molecular formula is C22H38IN5O4. The molecule has 1 aromatic rings. The Kier molecular flexibility index (Phi) is 11.3. The summed E-state index contributed by atoms with van der Waals surface area (Å²) in [6, 6.07) is 3.98. The highest BCUT2D eigenvalue weighted by molar-refractivity contribution is 14.0. The molecule has 1 heterocycles. The molecule has 2 rings (SSSR count). The fourth-order valence-electron chi connectivity index (χ4n) is 3.38. The van der Waals surface area contributed by atoms with Crippen LogP contribution in [-0.4, -0.2) is 82.3 Å². The Labute approximate surface area is 208 Å². The molecule has 0 unspecified atom stereocenters. The second kappa shape index (κ2) is 12.9. The Balaban J connectivity index is 0.00000512. The molecule has 0 bridgehead atoms. The van der Waals surface area contributed by atoms with Crippen molar-refractivity contribution >= 4 is 35.8 Å². The smallest absolute Gasteiger partial charge is 0.224 e. The molecule has 182 valence electrons. The van der Waals surface area contributed by atoms with E-state index in [0.717, 1.165) is 50.8 Å². The number of hydrogen-bond acceptors (Lipinski definition) is 6. The van der Waals surface area contributed by atoms with Crippen LogP contribution in [0.3, 0.4) is 0 Å². The topological polar surface area (TPSA) is 102 Å². The Morgan fingerprint density at radius 2 is 1.66 bits per heavy atom. The van der Waals surface area contributed by atoms with Crippen LogP contribution in [0.2, 0.25) is 0 Å². The minimum atomic E-state index is -0.672. The van der Waals surface area contributed by atoms with Crippen LogP contribution in [0, 0.1) is 5.41 Å². The van der Waals surface area contributed by atoms with Crippen LogP contribution in [0.25, 0.3) is 0 Å². The lowest BCUT2D eigenvalue weighted by molar-refractivity contribution is -0.125. The summed E-state index contributed by atoms with van der Waals surface area (Å²) in [5.41, 5.74) is 5.92. The first kappa shape index (κ1) is 28.1. The lowest BCUT2D eigenvalue weighted by Gasteiger charge is -2.37. The van der Waals surface area contributed by atoms with Gasteiger partial charge in [0, 0.05) is 39.3 Å². The van der Waals surface area contributed by atoms with Crippen LogP contribution in [0.15, 0.2) is 17.1 Å². The molecule has 0 spiro atoms. The van der Waals surface area contributed by atoms with Gasteiger partial charge >= 0.3 is 0 Å². The molecule has 32 heavy (non-hydrogen) atoms. The number of nitrogens with zero attached hydrogens (tertiary/aromatic N) is 3. The van der Waals surface area contributed by atoms with Crippen LogP contribution >= 0.6 is 24.0 Å². The van der Waals surface area contributed by atoms with E-state index in [1.54, 1.807) is 21.3 Å². The van der Waals surface area contributed by atoms with Crippen molar-refractivity contribution in [2.24, 2.45) is 16.1 Å². The maximum absolute atomic E-state index is 11.6. The number of guanidine groups is 1. The summed E-state index contributed by atoms with van der Waals surface area (Å²) in [5.74, 6) is 2.40. The van der Waals surface area contributed by atoms with Crippen LogP contribution in [-0.2, 0) is 11.3 Å². The van der Waals surface area contributed by atoms with Gasteiger partial charge in [-0.25, -0.2) is 0 Å². The maximum Gasteiger partial charge on any atom is 0.224 e. The van der Waals surface area contributed by atoms with Crippen molar-refractivity contribution in [3.8, 4) is 17.2 Å². The lowest BCUT2D eigenvalue weighted by atomic mass is 9.93. The number of halogens is 1. The average Bonchev–Trinajstić information content (AvgIpc) is 2.76. The summed E-state index contributed by atoms with van der Waals surface area (Å²) >= 11 is 0. The molecule has 3 N–H and O–H groups in total. The molecule has 10 heteroatoms. The third-order valence-electron chi connectivity index (χ3n) is 5.43. The summed E-state index contributed by atoms with van der Waals surface area (Å²) in [7, 11) is 4.86. The normalized spacial score (nSPS) is 15.1. The van der Waals surface area contributed by atoms with Gasteiger partial charge in [0.05, 0.1) is 33.3 Å². The predicted octanol–water partition coefficient (Wildman–Crippen LogP) is 1.93. The molecule has 1 aliphatic heterocycles. The zero-order valence-electron chi connectivity index (χ0n) is 20.1. The van der Waals surface area contributed by atoms with Crippen molar-refractivity contribution in [2.45, 2.75) is 27.3 Å². The van der Waals surface area contributed by atoms with Crippen molar-refractivity contribution in [1.82, 2.24) is 15.1 Å². The Morgan fingerprint density at radius 1 is 1.09 bits per heavy atom. The van der Waals surface area contributed by atoms with E-state index in [1.165, 1.54) is 0 Å². The largest absolute Gasteiger partial charge is 0.493 e. The Hall–Kier alpha value is -1.95. The van der Waals surface area contributed by atoms with Gasteiger partial charge in [-0.2, -0.15) is 0 Å². The molecule has 0 aliphatic carbocycles. The number of carbonyl (C=O) groups excluding carboxylic acids is 1. The molecule has 1 aromatic carbocycles. The standard InChI is InChI=1S/C22H37N5O4.HI/c1-7-24-21(25-15-22(2,3)20(23)28)27-10-8-26(9-11-27)14-16-12-17(29-4)19(31-6)18(13-16)30-5;/h12-13H,7-11,14-15H2,1-6H3,(H2,23,28)(H,24,25);1H. The molecule has 0 saturated carbocycles. The average molecular weight is 563 g/mol. The molecule has 0 aromatic heterocycles. The quantitative estimate of drug-likeness (QED) is 0.269. The van der Waals surface area contributed by atoms with E-state index < -0.39 is 5.41 Å². The molecule has 9 nitrogen and oxygen atoms in total. The van der Waals surface area contributed by atoms with Gasteiger partial charge in [0.1, 0.15) is 0 Å². The van der Waals surface area contributed by atoms with Crippen molar-refractivity contribution in [1.29, 1.82) is 0 Å². The summed E-state index contributed by atoms with van der Waals surface area (Å²) in [5, 5.41) is 3.33. The van der Waals surface area contributed by atoms with E-state index in [1.807, 2.05) is 32.9 Å². The molecular weight excluding hydrogens is 525 g/mol. The van der Waals surface area contributed by atoms with Crippen molar-refractivity contribution in [3.05, 3.63) is 17.7 Å². The van der Waals surface area contributed by atoms with E-state index in [4.69, 9.17) is 19.9 Å². The zero-order valence-corrected chi connectivity index (χ0v) is 22.4. The number of ether oxygens (including phenoxy) is 3. The molecule has 1 amide bonds. The van der Waals surface area contributed by atoms with Gasteiger partial charge < -0.3 is 30.2 Å². The van der Waals surface area contributed by atoms with Gasteiger partial charge in [-0.1, -0.05) is 0 Å². The zero-order chi connectivity index (χ0) is 23.0. The van der Waals surface area contributed by atoms with Gasteiger partial charge in [-0.3, -0.25) is 14.7 Å². The van der Waals surface area contributed by atoms with Gasteiger partial charge in [-0.05, 0) is 38.5 Å². The highest BCUT2D eigenvalue weighted by atomic mass is 127. The number of hydrogen-bond donors (Lipinski definition) is 2. The lowest BCUT2D eigenvalue weighted by Crippen LogP contribution is -2.52.